The second kappa shape index (κ2) is 7.88. The topological polar surface area (TPSA) is 24.9 Å². The summed E-state index contributed by atoms with van der Waals surface area (Å²) in [4.78, 5) is 4.98. The molecular formula is C22H25ClN2. The molecule has 0 spiro atoms. The average Bonchev–Trinajstić information content (AvgIpc) is 2.64. The molecule has 2 aromatic carbocycles. The molecule has 130 valence electrons. The van der Waals surface area contributed by atoms with Gasteiger partial charge in [-0.05, 0) is 44.0 Å². The molecule has 0 atom stereocenters. The van der Waals surface area contributed by atoms with Gasteiger partial charge in [0.2, 0.25) is 0 Å². The van der Waals surface area contributed by atoms with Crippen LogP contribution in [0.25, 0.3) is 10.9 Å². The molecule has 1 aromatic heterocycles. The smallest absolute Gasteiger partial charge is 0.0726 e. The molecule has 0 saturated heterocycles. The minimum absolute atomic E-state index is 0. The van der Waals surface area contributed by atoms with E-state index in [1.54, 1.807) is 0 Å². The first kappa shape index (κ1) is 17.8. The predicted octanol–water partition coefficient (Wildman–Crippen LogP) is 6.76. The van der Waals surface area contributed by atoms with Crippen LogP contribution in [0.2, 0.25) is 0 Å². The standard InChI is InChI=1S/C22H24N2.ClH/c1-16-11-13-18(14-12-16)23-22-15-21(17-7-3-2-4-8-17)24-20-10-6-5-9-19(20)22;/h5-6,9-15,17H,2-4,7-8H2,1H3,(H,23,24);1H. The fourth-order valence-electron chi connectivity index (χ4n) is 3.70. The van der Waals surface area contributed by atoms with Crippen molar-refractivity contribution in [2.45, 2.75) is 44.9 Å². The summed E-state index contributed by atoms with van der Waals surface area (Å²) in [5.74, 6) is 0.613. The van der Waals surface area contributed by atoms with Crippen LogP contribution in [0.5, 0.6) is 0 Å². The molecule has 25 heavy (non-hydrogen) atoms. The Morgan fingerprint density at radius 1 is 0.920 bits per heavy atom. The zero-order valence-electron chi connectivity index (χ0n) is 14.7. The van der Waals surface area contributed by atoms with Gasteiger partial charge in [-0.15, -0.1) is 12.4 Å². The van der Waals surface area contributed by atoms with Gasteiger partial charge in [0.05, 0.1) is 5.52 Å². The number of anilines is 2. The summed E-state index contributed by atoms with van der Waals surface area (Å²) < 4.78 is 0. The van der Waals surface area contributed by atoms with Gasteiger partial charge in [-0.2, -0.15) is 0 Å². The lowest BCUT2D eigenvalue weighted by Crippen LogP contribution is -2.07. The van der Waals surface area contributed by atoms with Gasteiger partial charge in [0.25, 0.3) is 0 Å². The highest BCUT2D eigenvalue weighted by Gasteiger charge is 2.18. The second-order valence-corrected chi connectivity index (χ2v) is 6.94. The van der Waals surface area contributed by atoms with Gasteiger partial charge in [0.1, 0.15) is 0 Å². The molecule has 0 radical (unpaired) electrons. The Morgan fingerprint density at radius 3 is 2.40 bits per heavy atom. The number of benzene rings is 2. The number of fused-ring (bicyclic) bond motifs is 1. The first-order chi connectivity index (χ1) is 11.8. The Kier molecular flexibility index (Phi) is 5.60. The molecule has 0 aliphatic heterocycles. The summed E-state index contributed by atoms with van der Waals surface area (Å²) >= 11 is 0. The summed E-state index contributed by atoms with van der Waals surface area (Å²) in [7, 11) is 0. The van der Waals surface area contributed by atoms with Gasteiger partial charge in [-0.1, -0.05) is 55.2 Å². The minimum Gasteiger partial charge on any atom is -0.355 e. The van der Waals surface area contributed by atoms with E-state index >= 15 is 0 Å². The number of aryl methyl sites for hydroxylation is 1. The van der Waals surface area contributed by atoms with E-state index in [4.69, 9.17) is 4.98 Å². The largest absolute Gasteiger partial charge is 0.355 e. The maximum Gasteiger partial charge on any atom is 0.0726 e. The van der Waals surface area contributed by atoms with Crippen molar-refractivity contribution >= 4 is 34.7 Å². The molecule has 4 rings (SSSR count). The number of nitrogens with zero attached hydrogens (tertiary/aromatic N) is 1. The van der Waals surface area contributed by atoms with E-state index in [1.807, 2.05) is 0 Å². The van der Waals surface area contributed by atoms with Crippen LogP contribution in [0.3, 0.4) is 0 Å². The molecule has 0 unspecified atom stereocenters. The molecule has 1 saturated carbocycles. The molecule has 0 bridgehead atoms. The average molecular weight is 353 g/mol. The van der Waals surface area contributed by atoms with Gasteiger partial charge in [-0.3, -0.25) is 4.98 Å². The number of hydrogen-bond donors (Lipinski definition) is 1. The fourth-order valence-corrected chi connectivity index (χ4v) is 3.70. The van der Waals surface area contributed by atoms with E-state index in [0.29, 0.717) is 5.92 Å². The van der Waals surface area contributed by atoms with E-state index in [9.17, 15) is 0 Å². The number of rotatable bonds is 3. The Bertz CT molecular complexity index is 836. The number of halogens is 1. The molecule has 0 amide bonds. The maximum atomic E-state index is 4.98. The van der Waals surface area contributed by atoms with Crippen LogP contribution in [0, 0.1) is 6.92 Å². The zero-order valence-corrected chi connectivity index (χ0v) is 15.5. The van der Waals surface area contributed by atoms with Gasteiger partial charge >= 0.3 is 0 Å². The summed E-state index contributed by atoms with van der Waals surface area (Å²) in [5, 5.41) is 4.81. The van der Waals surface area contributed by atoms with E-state index in [2.05, 4.69) is 66.8 Å². The van der Waals surface area contributed by atoms with E-state index < -0.39 is 0 Å². The van der Waals surface area contributed by atoms with Crippen molar-refractivity contribution in [1.82, 2.24) is 4.98 Å². The summed E-state index contributed by atoms with van der Waals surface area (Å²) in [5.41, 5.74) is 5.93. The van der Waals surface area contributed by atoms with Gasteiger partial charge in [0.15, 0.2) is 0 Å². The highest BCUT2D eigenvalue weighted by Crippen LogP contribution is 2.35. The predicted molar refractivity (Wildman–Crippen MR) is 109 cm³/mol. The Hall–Kier alpha value is -2.06. The van der Waals surface area contributed by atoms with Crippen molar-refractivity contribution in [3.63, 3.8) is 0 Å². The highest BCUT2D eigenvalue weighted by atomic mass is 35.5. The number of nitrogens with one attached hydrogen (secondary N) is 1. The lowest BCUT2D eigenvalue weighted by Gasteiger charge is -2.22. The normalized spacial score (nSPS) is 14.9. The minimum atomic E-state index is 0. The second-order valence-electron chi connectivity index (χ2n) is 6.94. The van der Waals surface area contributed by atoms with Crippen molar-refractivity contribution < 1.29 is 0 Å². The van der Waals surface area contributed by atoms with Gasteiger partial charge in [0, 0.05) is 28.4 Å². The Balaban J connectivity index is 0.00000182. The number of hydrogen-bond acceptors (Lipinski definition) is 2. The van der Waals surface area contributed by atoms with E-state index in [1.165, 1.54) is 54.4 Å². The molecule has 1 fully saturated rings. The molecule has 1 heterocycles. The zero-order chi connectivity index (χ0) is 16.4. The summed E-state index contributed by atoms with van der Waals surface area (Å²) in [6.45, 7) is 2.12. The molecular weight excluding hydrogens is 328 g/mol. The number of aromatic nitrogens is 1. The number of pyridine rings is 1. The van der Waals surface area contributed by atoms with Crippen molar-refractivity contribution in [2.24, 2.45) is 0 Å². The molecule has 1 aliphatic carbocycles. The molecule has 3 heteroatoms. The van der Waals surface area contributed by atoms with Crippen LogP contribution in [0.4, 0.5) is 11.4 Å². The SMILES string of the molecule is Cc1ccc(Nc2cc(C3CCCCC3)nc3ccccc23)cc1.Cl. The number of para-hydroxylation sites is 1. The van der Waals surface area contributed by atoms with E-state index in [-0.39, 0.29) is 12.4 Å². The third-order valence-electron chi connectivity index (χ3n) is 5.09. The summed E-state index contributed by atoms with van der Waals surface area (Å²) in [6, 6.07) is 19.3. The maximum absolute atomic E-state index is 4.98. The quantitative estimate of drug-likeness (QED) is 0.563. The lowest BCUT2D eigenvalue weighted by atomic mass is 9.86. The van der Waals surface area contributed by atoms with Crippen molar-refractivity contribution in [3.8, 4) is 0 Å². The van der Waals surface area contributed by atoms with Gasteiger partial charge < -0.3 is 5.32 Å². The van der Waals surface area contributed by atoms with Crippen LogP contribution in [-0.2, 0) is 0 Å². The van der Waals surface area contributed by atoms with Crippen LogP contribution >= 0.6 is 12.4 Å². The Morgan fingerprint density at radius 2 is 1.64 bits per heavy atom. The van der Waals surface area contributed by atoms with Gasteiger partial charge in [-0.25, -0.2) is 0 Å². The lowest BCUT2D eigenvalue weighted by molar-refractivity contribution is 0.437. The first-order valence-electron chi connectivity index (χ1n) is 9.03. The third-order valence-corrected chi connectivity index (χ3v) is 5.09. The van der Waals surface area contributed by atoms with Crippen LogP contribution in [-0.4, -0.2) is 4.98 Å². The van der Waals surface area contributed by atoms with Crippen molar-refractivity contribution in [3.05, 3.63) is 65.9 Å². The van der Waals surface area contributed by atoms with Crippen LogP contribution in [0.15, 0.2) is 54.6 Å². The molecule has 3 aromatic rings. The third kappa shape index (κ3) is 3.96. The van der Waals surface area contributed by atoms with Crippen LogP contribution < -0.4 is 5.32 Å². The monoisotopic (exact) mass is 352 g/mol. The Labute approximate surface area is 156 Å². The first-order valence-corrected chi connectivity index (χ1v) is 9.03. The fraction of sp³-hybridized carbons (Fsp3) is 0.318. The van der Waals surface area contributed by atoms with E-state index in [0.717, 1.165) is 11.2 Å². The van der Waals surface area contributed by atoms with Crippen molar-refractivity contribution in [2.75, 3.05) is 5.32 Å². The molecule has 1 aliphatic rings. The van der Waals surface area contributed by atoms with Crippen LogP contribution in [0.1, 0.15) is 49.3 Å². The van der Waals surface area contributed by atoms with Crippen molar-refractivity contribution in [1.29, 1.82) is 0 Å². The summed E-state index contributed by atoms with van der Waals surface area (Å²) in [6.07, 6.45) is 6.59. The highest BCUT2D eigenvalue weighted by molar-refractivity contribution is 5.93. The molecule has 1 N–H and O–H groups in total. The molecule has 2 nitrogen and oxygen atoms in total.